The summed E-state index contributed by atoms with van der Waals surface area (Å²) < 4.78 is 34.2. The maximum atomic E-state index is 13.8. The molecule has 4 rings (SSSR count). The second-order valence-corrected chi connectivity index (χ2v) is 13.1. The summed E-state index contributed by atoms with van der Waals surface area (Å²) in [5.41, 5.74) is 2.70. The molecular weight excluding hydrogens is 578 g/mol. The zero-order valence-corrected chi connectivity index (χ0v) is 26.2. The average molecular weight is 616 g/mol. The van der Waals surface area contributed by atoms with Crippen molar-refractivity contribution in [2.45, 2.75) is 65.3 Å². The van der Waals surface area contributed by atoms with Crippen LogP contribution in [0, 0.1) is 13.8 Å². The summed E-state index contributed by atoms with van der Waals surface area (Å²) in [6.07, 6.45) is 1.38. The predicted molar refractivity (Wildman–Crippen MR) is 161 cm³/mol. The van der Waals surface area contributed by atoms with Gasteiger partial charge in [-0.05, 0) is 75.9 Å². The molecule has 2 aromatic heterocycles. The molecule has 1 N–H and O–H groups in total. The molecule has 0 saturated heterocycles. The first-order valence-electron chi connectivity index (χ1n) is 14.1. The summed E-state index contributed by atoms with van der Waals surface area (Å²) in [6, 6.07) is 7.60. The Kier molecular flexibility index (Phi) is 9.85. The minimum Gasteiger partial charge on any atom is -0.450 e. The summed E-state index contributed by atoms with van der Waals surface area (Å²) in [7, 11) is -3.69. The zero-order chi connectivity index (χ0) is 30.6. The monoisotopic (exact) mass is 615 g/mol. The van der Waals surface area contributed by atoms with Crippen LogP contribution in [0.25, 0.3) is 0 Å². The van der Waals surface area contributed by atoms with Gasteiger partial charge >= 0.3 is 6.09 Å². The van der Waals surface area contributed by atoms with Gasteiger partial charge in [-0.15, -0.1) is 11.3 Å². The number of ether oxygens (including phenoxy) is 1. The van der Waals surface area contributed by atoms with Gasteiger partial charge in [-0.1, -0.05) is 13.8 Å². The highest BCUT2D eigenvalue weighted by molar-refractivity contribution is 7.89. The van der Waals surface area contributed by atoms with Crippen LogP contribution in [-0.2, 0) is 27.7 Å². The van der Waals surface area contributed by atoms with Gasteiger partial charge in [0.1, 0.15) is 5.00 Å². The normalized spacial score (nSPS) is 13.2. The number of rotatable bonds is 10. The number of aromatic nitrogens is 2. The summed E-state index contributed by atoms with van der Waals surface area (Å²) in [6.45, 7) is 10.9. The third kappa shape index (κ3) is 6.42. The number of carbonyl (C=O) groups excluding carboxylic acids is 3. The van der Waals surface area contributed by atoms with Gasteiger partial charge < -0.3 is 15.0 Å². The minimum atomic E-state index is -3.69. The van der Waals surface area contributed by atoms with E-state index in [1.165, 1.54) is 44.6 Å². The van der Waals surface area contributed by atoms with Crippen LogP contribution in [0.3, 0.4) is 0 Å². The topological polar surface area (TPSA) is 131 Å². The number of thiophene rings is 1. The molecule has 0 aliphatic carbocycles. The highest BCUT2D eigenvalue weighted by Crippen LogP contribution is 2.38. The van der Waals surface area contributed by atoms with E-state index in [1.54, 1.807) is 31.7 Å². The Hall–Kier alpha value is -3.55. The standard InChI is InChI=1S/C29H37N5O6S2/c1-6-14-33(15-7-2)42(38,39)22-11-9-21(10-12-22)26(35)30-27-25(28(36)34-20(5)17-19(4)31-34)23-13-16-32(18-24(23)41-27)29(37)40-8-3/h9-12,17H,6-8,13-16,18H2,1-5H3,(H,30,35). The van der Waals surface area contributed by atoms with E-state index < -0.39 is 22.0 Å². The molecule has 3 heterocycles. The maximum Gasteiger partial charge on any atom is 0.410 e. The van der Waals surface area contributed by atoms with Gasteiger partial charge in [-0.3, -0.25) is 9.59 Å². The number of fused-ring (bicyclic) bond motifs is 1. The Morgan fingerprint density at radius 3 is 2.31 bits per heavy atom. The number of sulfonamides is 1. The summed E-state index contributed by atoms with van der Waals surface area (Å²) >= 11 is 1.24. The molecule has 0 unspecified atom stereocenters. The van der Waals surface area contributed by atoms with Gasteiger partial charge in [0.2, 0.25) is 10.0 Å². The smallest absolute Gasteiger partial charge is 0.410 e. The second kappa shape index (κ2) is 13.2. The largest absolute Gasteiger partial charge is 0.450 e. The van der Waals surface area contributed by atoms with Crippen LogP contribution in [0.15, 0.2) is 35.2 Å². The van der Waals surface area contributed by atoms with E-state index in [-0.39, 0.29) is 29.5 Å². The van der Waals surface area contributed by atoms with Crippen LogP contribution < -0.4 is 5.32 Å². The van der Waals surface area contributed by atoms with E-state index in [1.807, 2.05) is 13.8 Å². The van der Waals surface area contributed by atoms with Crippen molar-refractivity contribution in [1.82, 2.24) is 19.0 Å². The quantitative estimate of drug-likeness (QED) is 0.346. The lowest BCUT2D eigenvalue weighted by atomic mass is 10.0. The van der Waals surface area contributed by atoms with Gasteiger partial charge in [-0.2, -0.15) is 9.40 Å². The molecule has 0 saturated carbocycles. The molecule has 0 fully saturated rings. The highest BCUT2D eigenvalue weighted by atomic mass is 32.2. The maximum absolute atomic E-state index is 13.8. The molecule has 1 aliphatic rings. The van der Waals surface area contributed by atoms with Crippen LogP contribution in [0.5, 0.6) is 0 Å². The fourth-order valence-corrected chi connectivity index (χ4v) is 7.86. The van der Waals surface area contributed by atoms with Gasteiger partial charge in [0.15, 0.2) is 0 Å². The Morgan fingerprint density at radius 2 is 1.74 bits per heavy atom. The lowest BCUT2D eigenvalue weighted by Crippen LogP contribution is -2.36. The lowest BCUT2D eigenvalue weighted by Gasteiger charge is -2.26. The van der Waals surface area contributed by atoms with E-state index in [4.69, 9.17) is 4.74 Å². The van der Waals surface area contributed by atoms with E-state index in [9.17, 15) is 22.8 Å². The average Bonchev–Trinajstić information content (AvgIpc) is 3.50. The van der Waals surface area contributed by atoms with Crippen molar-refractivity contribution in [2.24, 2.45) is 0 Å². The Balaban J connectivity index is 1.65. The second-order valence-electron chi connectivity index (χ2n) is 10.1. The number of hydrogen-bond acceptors (Lipinski definition) is 8. The Labute approximate surface area is 250 Å². The summed E-state index contributed by atoms with van der Waals surface area (Å²) in [5, 5.41) is 7.57. The SMILES string of the molecule is CCCN(CCC)S(=O)(=O)c1ccc(C(=O)Nc2sc3c(c2C(=O)n2nc(C)cc2C)CCN(C(=O)OCC)C3)cc1. The summed E-state index contributed by atoms with van der Waals surface area (Å²) in [5.74, 6) is -0.854. The number of aryl methyl sites for hydroxylation is 2. The van der Waals surface area contributed by atoms with Crippen molar-refractivity contribution >= 4 is 44.3 Å². The first-order valence-corrected chi connectivity index (χ1v) is 16.3. The first-order chi connectivity index (χ1) is 20.0. The van der Waals surface area contributed by atoms with E-state index >= 15 is 0 Å². The number of nitrogens with one attached hydrogen (secondary N) is 1. The Morgan fingerprint density at radius 1 is 1.07 bits per heavy atom. The molecule has 226 valence electrons. The zero-order valence-electron chi connectivity index (χ0n) is 24.6. The first kappa shape index (κ1) is 31.4. The fourth-order valence-electron chi connectivity index (χ4n) is 4.98. The molecule has 1 aliphatic heterocycles. The highest BCUT2D eigenvalue weighted by Gasteiger charge is 2.32. The van der Waals surface area contributed by atoms with Crippen molar-refractivity contribution in [2.75, 3.05) is 31.6 Å². The molecule has 3 aromatic rings. The van der Waals surface area contributed by atoms with E-state index in [0.717, 1.165) is 10.4 Å². The number of anilines is 1. The molecule has 42 heavy (non-hydrogen) atoms. The number of hydrogen-bond donors (Lipinski definition) is 1. The van der Waals surface area contributed by atoms with Crippen molar-refractivity contribution < 1.29 is 27.5 Å². The molecule has 11 nitrogen and oxygen atoms in total. The van der Waals surface area contributed by atoms with Crippen LogP contribution >= 0.6 is 11.3 Å². The number of amides is 2. The molecule has 2 amide bonds. The van der Waals surface area contributed by atoms with Crippen molar-refractivity contribution in [3.8, 4) is 0 Å². The molecule has 0 atom stereocenters. The van der Waals surface area contributed by atoms with E-state index in [2.05, 4.69) is 10.4 Å². The van der Waals surface area contributed by atoms with Crippen LogP contribution in [-0.4, -0.2) is 71.6 Å². The van der Waals surface area contributed by atoms with Gasteiger partial charge in [0.05, 0.1) is 29.3 Å². The molecular formula is C29H37N5O6S2. The fraction of sp³-hybridized carbons (Fsp3) is 0.448. The third-order valence-electron chi connectivity index (χ3n) is 6.93. The molecule has 0 bridgehead atoms. The Bertz CT molecular complexity index is 1570. The lowest BCUT2D eigenvalue weighted by molar-refractivity contribution is 0.0941. The van der Waals surface area contributed by atoms with E-state index in [0.29, 0.717) is 60.8 Å². The van der Waals surface area contributed by atoms with Gasteiger partial charge in [-0.25, -0.2) is 17.9 Å². The van der Waals surface area contributed by atoms with Crippen LogP contribution in [0.1, 0.15) is 76.2 Å². The van der Waals surface area contributed by atoms with Gasteiger partial charge in [0, 0.05) is 35.8 Å². The van der Waals surface area contributed by atoms with Crippen LogP contribution in [0.4, 0.5) is 9.80 Å². The number of benzene rings is 1. The predicted octanol–water partition coefficient (Wildman–Crippen LogP) is 4.83. The van der Waals surface area contributed by atoms with Gasteiger partial charge in [0.25, 0.3) is 11.8 Å². The molecule has 0 spiro atoms. The van der Waals surface area contributed by atoms with Crippen molar-refractivity contribution in [1.29, 1.82) is 0 Å². The summed E-state index contributed by atoms with van der Waals surface area (Å²) in [4.78, 5) is 42.0. The van der Waals surface area contributed by atoms with Crippen molar-refractivity contribution in [3.05, 3.63) is 63.3 Å². The number of carbonyl (C=O) groups is 3. The molecule has 13 heteroatoms. The minimum absolute atomic E-state index is 0.118. The number of nitrogens with zero attached hydrogens (tertiary/aromatic N) is 4. The molecule has 1 aromatic carbocycles. The third-order valence-corrected chi connectivity index (χ3v) is 9.97. The van der Waals surface area contributed by atoms with Crippen LogP contribution in [0.2, 0.25) is 0 Å². The molecule has 0 radical (unpaired) electrons. The van der Waals surface area contributed by atoms with Crippen molar-refractivity contribution in [3.63, 3.8) is 0 Å².